The summed E-state index contributed by atoms with van der Waals surface area (Å²) < 4.78 is 67.2. The highest BCUT2D eigenvalue weighted by molar-refractivity contribution is 7.90. The Kier molecular flexibility index (Phi) is 5.71. The van der Waals surface area contributed by atoms with Gasteiger partial charge in [-0.25, -0.2) is 18.1 Å². The number of carbonyl (C=O) groups is 1. The van der Waals surface area contributed by atoms with Gasteiger partial charge in [0.05, 0.1) is 21.5 Å². The number of halogens is 3. The highest BCUT2D eigenvalue weighted by atomic mass is 32.2. The van der Waals surface area contributed by atoms with E-state index in [0.29, 0.717) is 22.4 Å². The van der Waals surface area contributed by atoms with Gasteiger partial charge in [-0.1, -0.05) is 30.3 Å². The molecule has 3 aromatic carbocycles. The van der Waals surface area contributed by atoms with Crippen LogP contribution in [0.15, 0.2) is 77.7 Å². The summed E-state index contributed by atoms with van der Waals surface area (Å²) in [6.45, 7) is 1.97. The Hall–Kier alpha value is -3.66. The van der Waals surface area contributed by atoms with Crippen molar-refractivity contribution in [2.45, 2.75) is 24.5 Å². The molecule has 0 atom stereocenters. The average Bonchev–Trinajstić information content (AvgIpc) is 3.08. The highest BCUT2D eigenvalue weighted by Gasteiger charge is 2.30. The van der Waals surface area contributed by atoms with Crippen molar-refractivity contribution in [3.8, 4) is 0 Å². The lowest BCUT2D eigenvalue weighted by Crippen LogP contribution is -2.30. The summed E-state index contributed by atoms with van der Waals surface area (Å²) in [4.78, 5) is 17.0. The third kappa shape index (κ3) is 4.75. The van der Waals surface area contributed by atoms with Gasteiger partial charge in [0.2, 0.25) is 0 Å². The zero-order valence-electron chi connectivity index (χ0n) is 17.3. The molecule has 1 N–H and O–H groups in total. The largest absolute Gasteiger partial charge is 0.416 e. The molecule has 10 heteroatoms. The zero-order chi connectivity index (χ0) is 23.8. The van der Waals surface area contributed by atoms with Gasteiger partial charge in [-0.3, -0.25) is 4.79 Å². The van der Waals surface area contributed by atoms with Crippen LogP contribution in [0.2, 0.25) is 0 Å². The van der Waals surface area contributed by atoms with Crippen LogP contribution in [0.5, 0.6) is 0 Å². The maximum Gasteiger partial charge on any atom is 0.416 e. The average molecular weight is 473 g/mol. The molecule has 0 aliphatic carbocycles. The third-order valence-electron chi connectivity index (χ3n) is 5.10. The van der Waals surface area contributed by atoms with Crippen LogP contribution in [0.25, 0.3) is 11.0 Å². The number of alkyl halides is 3. The van der Waals surface area contributed by atoms with E-state index in [9.17, 15) is 26.4 Å². The number of aromatic nitrogens is 2. The van der Waals surface area contributed by atoms with Crippen molar-refractivity contribution in [3.63, 3.8) is 0 Å². The molecule has 6 nitrogen and oxygen atoms in total. The van der Waals surface area contributed by atoms with Crippen LogP contribution in [0.3, 0.4) is 0 Å². The summed E-state index contributed by atoms with van der Waals surface area (Å²) in [5.41, 5.74) is 1.11. The normalized spacial score (nSPS) is 12.1. The predicted octanol–water partition coefficient (Wildman–Crippen LogP) is 4.53. The standard InChI is InChI=1S/C23H18F3N3O3S/c1-15-27-20-12-9-17(22(30)28-33(31,32)19-5-3-2-4-6-19)13-21(20)29(15)14-16-7-10-18(11-8-16)23(24,25)26/h2-13H,14H2,1H3,(H,28,30). The summed E-state index contributed by atoms with van der Waals surface area (Å²) in [5.74, 6) is -0.208. The zero-order valence-corrected chi connectivity index (χ0v) is 18.1. The molecule has 0 saturated heterocycles. The van der Waals surface area contributed by atoms with Gasteiger partial charge in [0.1, 0.15) is 5.82 Å². The number of hydrogen-bond donors (Lipinski definition) is 1. The van der Waals surface area contributed by atoms with Gasteiger partial charge in [-0.2, -0.15) is 13.2 Å². The fourth-order valence-electron chi connectivity index (χ4n) is 3.41. The minimum absolute atomic E-state index is 0.0392. The Morgan fingerprint density at radius 3 is 2.30 bits per heavy atom. The predicted molar refractivity (Wildman–Crippen MR) is 116 cm³/mol. The molecule has 0 radical (unpaired) electrons. The van der Waals surface area contributed by atoms with Crippen LogP contribution in [-0.2, 0) is 22.7 Å². The van der Waals surface area contributed by atoms with Crippen LogP contribution >= 0.6 is 0 Å². The van der Waals surface area contributed by atoms with E-state index in [1.165, 1.54) is 36.4 Å². The van der Waals surface area contributed by atoms with E-state index >= 15 is 0 Å². The SMILES string of the molecule is Cc1nc2ccc(C(=O)NS(=O)(=O)c3ccccc3)cc2n1Cc1ccc(C(F)(F)F)cc1. The number of nitrogens with zero attached hydrogens (tertiary/aromatic N) is 2. The second kappa shape index (κ2) is 8.36. The molecule has 1 amide bonds. The van der Waals surface area contributed by atoms with Crippen LogP contribution in [0.4, 0.5) is 13.2 Å². The van der Waals surface area contributed by atoms with Crippen molar-refractivity contribution in [1.82, 2.24) is 14.3 Å². The van der Waals surface area contributed by atoms with E-state index in [1.54, 1.807) is 35.8 Å². The van der Waals surface area contributed by atoms with E-state index < -0.39 is 27.7 Å². The lowest BCUT2D eigenvalue weighted by atomic mass is 10.1. The first-order valence-corrected chi connectivity index (χ1v) is 11.3. The Labute approximate surface area is 187 Å². The van der Waals surface area contributed by atoms with Crippen molar-refractivity contribution >= 4 is 27.0 Å². The van der Waals surface area contributed by atoms with E-state index in [-0.39, 0.29) is 17.0 Å². The number of amides is 1. The van der Waals surface area contributed by atoms with Gasteiger partial charge in [0.15, 0.2) is 0 Å². The van der Waals surface area contributed by atoms with E-state index in [0.717, 1.165) is 12.1 Å². The van der Waals surface area contributed by atoms with Gasteiger partial charge in [-0.15, -0.1) is 0 Å². The van der Waals surface area contributed by atoms with Crippen LogP contribution in [-0.4, -0.2) is 23.9 Å². The lowest BCUT2D eigenvalue weighted by Gasteiger charge is -2.11. The number of fused-ring (bicyclic) bond motifs is 1. The minimum Gasteiger partial charge on any atom is -0.324 e. The van der Waals surface area contributed by atoms with E-state index in [1.807, 2.05) is 4.72 Å². The quantitative estimate of drug-likeness (QED) is 0.462. The molecule has 0 aliphatic rings. The molecule has 1 aromatic heterocycles. The summed E-state index contributed by atoms with van der Waals surface area (Å²) in [6.07, 6.45) is -4.42. The van der Waals surface area contributed by atoms with Gasteiger partial charge in [0, 0.05) is 12.1 Å². The van der Waals surface area contributed by atoms with Gasteiger partial charge in [-0.05, 0) is 55.0 Å². The van der Waals surface area contributed by atoms with Crippen molar-refractivity contribution in [1.29, 1.82) is 0 Å². The fourth-order valence-corrected chi connectivity index (χ4v) is 4.40. The first kappa shape index (κ1) is 22.5. The lowest BCUT2D eigenvalue weighted by molar-refractivity contribution is -0.137. The maximum atomic E-state index is 12.8. The molecule has 0 bridgehead atoms. The van der Waals surface area contributed by atoms with E-state index in [4.69, 9.17) is 0 Å². The number of nitrogens with one attached hydrogen (secondary N) is 1. The van der Waals surface area contributed by atoms with Crippen molar-refractivity contribution in [3.05, 3.63) is 95.3 Å². The maximum absolute atomic E-state index is 12.8. The van der Waals surface area contributed by atoms with Crippen molar-refractivity contribution in [2.75, 3.05) is 0 Å². The summed E-state index contributed by atoms with van der Waals surface area (Å²) in [7, 11) is -4.04. The van der Waals surface area contributed by atoms with Crippen LogP contribution < -0.4 is 4.72 Å². The molecule has 0 aliphatic heterocycles. The summed E-state index contributed by atoms with van der Waals surface area (Å²) in [5, 5.41) is 0. The molecule has 33 heavy (non-hydrogen) atoms. The summed E-state index contributed by atoms with van der Waals surface area (Å²) in [6, 6.07) is 16.9. The molecule has 4 aromatic rings. The Balaban J connectivity index is 1.63. The third-order valence-corrected chi connectivity index (χ3v) is 6.45. The number of hydrogen-bond acceptors (Lipinski definition) is 4. The number of aryl methyl sites for hydroxylation is 1. The monoisotopic (exact) mass is 473 g/mol. The van der Waals surface area contributed by atoms with Gasteiger partial charge >= 0.3 is 6.18 Å². The Morgan fingerprint density at radius 2 is 1.67 bits per heavy atom. The number of imidazole rings is 1. The number of sulfonamides is 1. The molecule has 1 heterocycles. The molecule has 4 rings (SSSR count). The molecular formula is C23H18F3N3O3S. The van der Waals surface area contributed by atoms with E-state index in [2.05, 4.69) is 4.98 Å². The summed E-state index contributed by atoms with van der Waals surface area (Å²) >= 11 is 0. The second-order valence-corrected chi connectivity index (χ2v) is 9.07. The van der Waals surface area contributed by atoms with Crippen molar-refractivity contribution in [2.24, 2.45) is 0 Å². The topological polar surface area (TPSA) is 81.1 Å². The van der Waals surface area contributed by atoms with Crippen LogP contribution in [0, 0.1) is 6.92 Å². The molecule has 0 unspecified atom stereocenters. The molecule has 170 valence electrons. The smallest absolute Gasteiger partial charge is 0.324 e. The van der Waals surface area contributed by atoms with Crippen molar-refractivity contribution < 1.29 is 26.4 Å². The number of rotatable bonds is 5. The Bertz CT molecular complexity index is 1430. The first-order valence-electron chi connectivity index (χ1n) is 9.80. The highest BCUT2D eigenvalue weighted by Crippen LogP contribution is 2.29. The molecule has 0 saturated carbocycles. The Morgan fingerprint density at radius 1 is 1.00 bits per heavy atom. The van der Waals surface area contributed by atoms with Gasteiger partial charge in [0.25, 0.3) is 15.9 Å². The number of benzene rings is 3. The molecule has 0 fully saturated rings. The second-order valence-electron chi connectivity index (χ2n) is 7.39. The molecular weight excluding hydrogens is 455 g/mol. The molecule has 0 spiro atoms. The number of carbonyl (C=O) groups excluding carboxylic acids is 1. The first-order chi connectivity index (χ1) is 15.5. The fraction of sp³-hybridized carbons (Fsp3) is 0.130. The van der Waals surface area contributed by atoms with Gasteiger partial charge < -0.3 is 4.57 Å². The van der Waals surface area contributed by atoms with Crippen LogP contribution in [0.1, 0.15) is 27.3 Å². The minimum atomic E-state index is -4.42.